The van der Waals surface area contributed by atoms with E-state index in [9.17, 15) is 0 Å². The van der Waals surface area contributed by atoms with Gasteiger partial charge in [-0.3, -0.25) is 0 Å². The Morgan fingerprint density at radius 3 is 2.75 bits per heavy atom. The van der Waals surface area contributed by atoms with Crippen LogP contribution in [0.3, 0.4) is 0 Å². The molecule has 1 heteroatoms. The molecule has 4 aliphatic rings. The zero-order chi connectivity index (χ0) is 14.0. The van der Waals surface area contributed by atoms with Gasteiger partial charge in [-0.1, -0.05) is 31.9 Å². The first-order valence-corrected chi connectivity index (χ1v) is 9.30. The van der Waals surface area contributed by atoms with Crippen molar-refractivity contribution in [3.63, 3.8) is 0 Å². The second-order valence-electron chi connectivity index (χ2n) is 8.68. The monoisotopic (exact) mass is 292 g/mol. The maximum absolute atomic E-state index is 6.44. The molecule has 0 aliphatic heterocycles. The lowest BCUT2D eigenvalue weighted by molar-refractivity contribution is -0.0245. The molecule has 0 bridgehead atoms. The maximum atomic E-state index is 6.44. The van der Waals surface area contributed by atoms with Crippen molar-refractivity contribution in [2.45, 2.75) is 77.0 Å². The topological polar surface area (TPSA) is 0 Å². The second kappa shape index (κ2) is 4.51. The van der Waals surface area contributed by atoms with E-state index < -0.39 is 0 Å². The van der Waals surface area contributed by atoms with Gasteiger partial charge < -0.3 is 0 Å². The van der Waals surface area contributed by atoms with Crippen LogP contribution in [0.25, 0.3) is 0 Å². The van der Waals surface area contributed by atoms with E-state index in [2.05, 4.69) is 19.9 Å². The summed E-state index contributed by atoms with van der Waals surface area (Å²) in [6.07, 6.45) is 15.2. The number of hydrogen-bond donors (Lipinski definition) is 0. The van der Waals surface area contributed by atoms with Crippen molar-refractivity contribution in [1.29, 1.82) is 0 Å². The Bertz CT molecular complexity index is 439. The van der Waals surface area contributed by atoms with E-state index in [0.717, 1.165) is 17.8 Å². The van der Waals surface area contributed by atoms with E-state index in [-0.39, 0.29) is 0 Å². The molecule has 3 saturated carbocycles. The van der Waals surface area contributed by atoms with E-state index in [1.54, 1.807) is 5.57 Å². The number of hydrogen-bond acceptors (Lipinski definition) is 0. The molecule has 4 rings (SSSR count). The van der Waals surface area contributed by atoms with E-state index >= 15 is 0 Å². The van der Waals surface area contributed by atoms with Gasteiger partial charge in [0.25, 0.3) is 0 Å². The summed E-state index contributed by atoms with van der Waals surface area (Å²) in [6, 6.07) is 0. The number of rotatable bonds is 0. The fourth-order valence-electron chi connectivity index (χ4n) is 6.61. The highest BCUT2D eigenvalue weighted by Gasteiger charge is 2.55. The molecule has 0 unspecified atom stereocenters. The van der Waals surface area contributed by atoms with E-state index in [1.807, 2.05) is 0 Å². The van der Waals surface area contributed by atoms with Crippen molar-refractivity contribution in [2.75, 3.05) is 0 Å². The predicted octanol–water partition coefficient (Wildman–Crippen LogP) is 5.95. The van der Waals surface area contributed by atoms with E-state index in [1.165, 1.54) is 57.8 Å². The molecule has 0 saturated heterocycles. The summed E-state index contributed by atoms with van der Waals surface area (Å²) in [5.41, 5.74) is 2.91. The fraction of sp³-hybridized carbons (Fsp3) is 0.895. The minimum Gasteiger partial charge on any atom is -0.123 e. The van der Waals surface area contributed by atoms with Crippen LogP contribution in [0.1, 0.15) is 71.6 Å². The van der Waals surface area contributed by atoms with Gasteiger partial charge in [-0.25, -0.2) is 0 Å². The summed E-state index contributed by atoms with van der Waals surface area (Å²) in [6.45, 7) is 5.17. The van der Waals surface area contributed by atoms with Crippen molar-refractivity contribution < 1.29 is 0 Å². The minimum atomic E-state index is 0.409. The molecule has 0 aromatic carbocycles. The average molecular weight is 293 g/mol. The van der Waals surface area contributed by atoms with Crippen LogP contribution in [0, 0.1) is 28.6 Å². The lowest BCUT2D eigenvalue weighted by atomic mass is 9.48. The van der Waals surface area contributed by atoms with Crippen LogP contribution >= 0.6 is 11.6 Å². The molecule has 4 aliphatic carbocycles. The van der Waals surface area contributed by atoms with Crippen LogP contribution < -0.4 is 0 Å². The molecule has 0 heterocycles. The summed E-state index contributed by atoms with van der Waals surface area (Å²) in [4.78, 5) is 0. The molecular formula is C19H29Cl. The Balaban J connectivity index is 1.68. The third kappa shape index (κ3) is 1.79. The van der Waals surface area contributed by atoms with Gasteiger partial charge in [-0.2, -0.15) is 0 Å². The summed E-state index contributed by atoms with van der Waals surface area (Å²) in [7, 11) is 0. The van der Waals surface area contributed by atoms with Gasteiger partial charge in [0.1, 0.15) is 0 Å². The Morgan fingerprint density at radius 2 is 1.90 bits per heavy atom. The molecule has 0 aromatic rings. The third-order valence-corrected chi connectivity index (χ3v) is 8.20. The molecule has 0 nitrogen and oxygen atoms in total. The van der Waals surface area contributed by atoms with Crippen molar-refractivity contribution in [2.24, 2.45) is 28.6 Å². The Labute approximate surface area is 129 Å². The fourth-order valence-corrected chi connectivity index (χ4v) is 6.88. The van der Waals surface area contributed by atoms with Gasteiger partial charge in [0.2, 0.25) is 0 Å². The SMILES string of the molecule is C[C@@]12CCC[C@H]1[C@@H]1CC=C3C[C@@H](Cl)CC[C@]3(C)[C@H]1CC2. The largest absolute Gasteiger partial charge is 0.123 e. The number of alkyl halides is 1. The average Bonchev–Trinajstić information content (AvgIpc) is 2.81. The zero-order valence-electron chi connectivity index (χ0n) is 13.1. The maximum Gasteiger partial charge on any atom is 0.0373 e. The molecule has 0 amide bonds. The Hall–Kier alpha value is 0.0300. The van der Waals surface area contributed by atoms with Crippen molar-refractivity contribution in [3.8, 4) is 0 Å². The van der Waals surface area contributed by atoms with Gasteiger partial charge in [0.05, 0.1) is 0 Å². The molecule has 0 spiro atoms. The first-order chi connectivity index (χ1) is 9.53. The Morgan fingerprint density at radius 1 is 1.05 bits per heavy atom. The molecule has 20 heavy (non-hydrogen) atoms. The number of halogens is 1. The van der Waals surface area contributed by atoms with Crippen molar-refractivity contribution in [1.82, 2.24) is 0 Å². The first-order valence-electron chi connectivity index (χ1n) is 8.86. The molecule has 112 valence electrons. The molecule has 0 radical (unpaired) electrons. The molecule has 0 N–H and O–H groups in total. The number of allylic oxidation sites excluding steroid dienone is 2. The predicted molar refractivity (Wildman–Crippen MR) is 86.0 cm³/mol. The van der Waals surface area contributed by atoms with Crippen LogP contribution in [-0.2, 0) is 0 Å². The van der Waals surface area contributed by atoms with Crippen LogP contribution in [-0.4, -0.2) is 5.38 Å². The summed E-state index contributed by atoms with van der Waals surface area (Å²) in [5.74, 6) is 2.96. The highest BCUT2D eigenvalue weighted by Crippen LogP contribution is 2.64. The standard InChI is InChI=1S/C19H29Cl/c1-18-9-3-4-16(18)15-6-5-13-12-14(20)7-11-19(13,2)17(15)8-10-18/h5,14-17H,3-4,6-12H2,1-2H3/t14-,15-,16-,17-,18-,19-/m0/s1. The highest BCUT2D eigenvalue weighted by atomic mass is 35.5. The van der Waals surface area contributed by atoms with Crippen molar-refractivity contribution in [3.05, 3.63) is 11.6 Å². The minimum absolute atomic E-state index is 0.409. The van der Waals surface area contributed by atoms with E-state index in [4.69, 9.17) is 11.6 Å². The quantitative estimate of drug-likeness (QED) is 0.382. The van der Waals surface area contributed by atoms with Crippen LogP contribution in [0.15, 0.2) is 11.6 Å². The van der Waals surface area contributed by atoms with Crippen LogP contribution in [0.4, 0.5) is 0 Å². The van der Waals surface area contributed by atoms with Gasteiger partial charge in [-0.15, -0.1) is 11.6 Å². The lowest BCUT2D eigenvalue weighted by Crippen LogP contribution is -2.48. The summed E-state index contributed by atoms with van der Waals surface area (Å²) >= 11 is 6.44. The van der Waals surface area contributed by atoms with Crippen molar-refractivity contribution >= 4 is 11.6 Å². The molecule has 0 aromatic heterocycles. The van der Waals surface area contributed by atoms with E-state index in [0.29, 0.717) is 16.2 Å². The second-order valence-corrected chi connectivity index (χ2v) is 9.30. The molecule has 6 atom stereocenters. The Kier molecular flexibility index (Phi) is 3.09. The van der Waals surface area contributed by atoms with Gasteiger partial charge >= 0.3 is 0 Å². The van der Waals surface area contributed by atoms with Crippen LogP contribution in [0.2, 0.25) is 0 Å². The van der Waals surface area contributed by atoms with Gasteiger partial charge in [0, 0.05) is 5.38 Å². The number of fused-ring (bicyclic) bond motifs is 5. The normalized spacial score (nSPS) is 54.6. The zero-order valence-corrected chi connectivity index (χ0v) is 13.9. The van der Waals surface area contributed by atoms with Gasteiger partial charge in [-0.05, 0) is 80.0 Å². The van der Waals surface area contributed by atoms with Gasteiger partial charge in [0.15, 0.2) is 0 Å². The smallest absolute Gasteiger partial charge is 0.0373 e. The first kappa shape index (κ1) is 13.7. The molecule has 3 fully saturated rings. The molecular weight excluding hydrogens is 264 g/mol. The lowest BCUT2D eigenvalue weighted by Gasteiger charge is -2.57. The summed E-state index contributed by atoms with van der Waals surface area (Å²) in [5, 5.41) is 0.409. The van der Waals surface area contributed by atoms with Crippen LogP contribution in [0.5, 0.6) is 0 Å². The third-order valence-electron chi connectivity index (χ3n) is 7.82. The highest BCUT2D eigenvalue weighted by molar-refractivity contribution is 6.20. The summed E-state index contributed by atoms with van der Waals surface area (Å²) < 4.78 is 0.